The normalized spacial score (nSPS) is 15.8. The van der Waals surface area contributed by atoms with Crippen LogP contribution in [0.4, 0.5) is 0 Å². The lowest BCUT2D eigenvalue weighted by atomic mass is 9.98. The number of carbonyl (C=O) groups is 1. The van der Waals surface area contributed by atoms with Crippen LogP contribution in [0.5, 0.6) is 5.75 Å². The molecule has 6 nitrogen and oxygen atoms in total. The topological polar surface area (TPSA) is 69.0 Å². The first-order valence-corrected chi connectivity index (χ1v) is 10.1. The minimum absolute atomic E-state index is 0.127. The van der Waals surface area contributed by atoms with Crippen LogP contribution < -0.4 is 10.2 Å². The third-order valence-corrected chi connectivity index (χ3v) is 5.30. The molecule has 1 atom stereocenters. The highest BCUT2D eigenvalue weighted by molar-refractivity contribution is 5.99. The Morgan fingerprint density at radius 3 is 2.50 bits per heavy atom. The summed E-state index contributed by atoms with van der Waals surface area (Å²) in [5.74, 6) is 0.577. The second-order valence-electron chi connectivity index (χ2n) is 7.62. The fraction of sp³-hybridized carbons (Fsp3) is 0.333. The van der Waals surface area contributed by atoms with Gasteiger partial charge in [-0.2, -0.15) is 0 Å². The van der Waals surface area contributed by atoms with Crippen LogP contribution in [0, 0.1) is 0 Å². The smallest absolute Gasteiger partial charge is 0.290 e. The summed E-state index contributed by atoms with van der Waals surface area (Å²) in [5, 5.41) is 0.479. The van der Waals surface area contributed by atoms with E-state index in [2.05, 4.69) is 0 Å². The molecule has 156 valence electrons. The van der Waals surface area contributed by atoms with Crippen LogP contribution in [-0.4, -0.2) is 37.2 Å². The molecule has 4 rings (SSSR count). The van der Waals surface area contributed by atoms with Crippen LogP contribution in [0.2, 0.25) is 0 Å². The number of para-hydroxylation sites is 1. The van der Waals surface area contributed by atoms with Gasteiger partial charge >= 0.3 is 0 Å². The van der Waals surface area contributed by atoms with Crippen molar-refractivity contribution in [1.82, 2.24) is 4.90 Å². The number of ether oxygens (including phenoxy) is 2. The third kappa shape index (κ3) is 3.59. The summed E-state index contributed by atoms with van der Waals surface area (Å²) in [7, 11) is 1.60. The van der Waals surface area contributed by atoms with E-state index in [1.807, 2.05) is 38.1 Å². The number of amides is 1. The molecule has 1 amide bonds. The molecule has 2 aromatic carbocycles. The van der Waals surface area contributed by atoms with Crippen molar-refractivity contribution in [1.29, 1.82) is 0 Å². The number of fused-ring (bicyclic) bond motifs is 2. The number of benzene rings is 2. The van der Waals surface area contributed by atoms with Crippen LogP contribution >= 0.6 is 0 Å². The van der Waals surface area contributed by atoms with Gasteiger partial charge in [0.1, 0.15) is 11.3 Å². The second kappa shape index (κ2) is 8.32. The van der Waals surface area contributed by atoms with Crippen LogP contribution in [-0.2, 0) is 4.74 Å². The molecule has 30 heavy (non-hydrogen) atoms. The Bertz CT molecular complexity index is 1120. The van der Waals surface area contributed by atoms with Gasteiger partial charge < -0.3 is 18.8 Å². The van der Waals surface area contributed by atoms with Crippen molar-refractivity contribution in [2.24, 2.45) is 0 Å². The number of carbonyl (C=O) groups excluding carboxylic acids is 1. The molecule has 6 heteroatoms. The van der Waals surface area contributed by atoms with Gasteiger partial charge in [-0.3, -0.25) is 9.59 Å². The van der Waals surface area contributed by atoms with Crippen molar-refractivity contribution in [3.63, 3.8) is 0 Å². The fourth-order valence-corrected chi connectivity index (χ4v) is 3.88. The highest BCUT2D eigenvalue weighted by Gasteiger charge is 2.42. The summed E-state index contributed by atoms with van der Waals surface area (Å²) in [6, 6.07) is 14.0. The van der Waals surface area contributed by atoms with Gasteiger partial charge in [0.25, 0.3) is 5.91 Å². The maximum Gasteiger partial charge on any atom is 0.290 e. The average molecular weight is 407 g/mol. The molecule has 3 aromatic rings. The number of nitrogens with zero attached hydrogens (tertiary/aromatic N) is 1. The summed E-state index contributed by atoms with van der Waals surface area (Å²) in [6.45, 7) is 4.95. The minimum Gasteiger partial charge on any atom is -0.497 e. The summed E-state index contributed by atoms with van der Waals surface area (Å²) in [6.07, 6.45) is 0.792. The Hall–Kier alpha value is -3.12. The molecule has 0 saturated heterocycles. The zero-order valence-electron chi connectivity index (χ0n) is 17.4. The van der Waals surface area contributed by atoms with E-state index < -0.39 is 6.04 Å². The molecule has 0 spiro atoms. The van der Waals surface area contributed by atoms with E-state index >= 15 is 0 Å². The predicted octanol–water partition coefficient (Wildman–Crippen LogP) is 4.16. The molecule has 0 aliphatic carbocycles. The second-order valence-corrected chi connectivity index (χ2v) is 7.62. The van der Waals surface area contributed by atoms with Gasteiger partial charge in [0.05, 0.1) is 30.2 Å². The van der Waals surface area contributed by atoms with Crippen molar-refractivity contribution >= 4 is 16.9 Å². The first-order valence-electron chi connectivity index (χ1n) is 10.1. The van der Waals surface area contributed by atoms with E-state index in [1.165, 1.54) is 0 Å². The molecule has 0 radical (unpaired) electrons. The van der Waals surface area contributed by atoms with Gasteiger partial charge in [-0.15, -0.1) is 0 Å². The summed E-state index contributed by atoms with van der Waals surface area (Å²) >= 11 is 0. The standard InChI is InChI=1S/C24H25NO5/c1-15(2)29-14-6-13-25-21(16-9-11-17(28-3)12-10-16)20-22(26)18-7-4-5-8-19(18)30-23(20)24(25)27/h4-5,7-12,15,21H,6,13-14H2,1-3H3. The minimum atomic E-state index is -0.502. The summed E-state index contributed by atoms with van der Waals surface area (Å²) in [4.78, 5) is 28.3. The Morgan fingerprint density at radius 2 is 1.80 bits per heavy atom. The van der Waals surface area contributed by atoms with Crippen LogP contribution in [0.25, 0.3) is 11.0 Å². The highest BCUT2D eigenvalue weighted by Crippen LogP contribution is 2.38. The Morgan fingerprint density at radius 1 is 1.07 bits per heavy atom. The van der Waals surface area contributed by atoms with E-state index in [9.17, 15) is 9.59 Å². The van der Waals surface area contributed by atoms with Crippen LogP contribution in [0.3, 0.4) is 0 Å². The van der Waals surface area contributed by atoms with E-state index in [-0.39, 0.29) is 23.2 Å². The van der Waals surface area contributed by atoms with Crippen LogP contribution in [0.1, 0.15) is 48.0 Å². The first-order chi connectivity index (χ1) is 14.5. The molecule has 1 aromatic heterocycles. The predicted molar refractivity (Wildman–Crippen MR) is 114 cm³/mol. The zero-order chi connectivity index (χ0) is 21.3. The third-order valence-electron chi connectivity index (χ3n) is 5.30. The first kappa shape index (κ1) is 20.2. The quantitative estimate of drug-likeness (QED) is 0.550. The maximum atomic E-state index is 13.3. The lowest BCUT2D eigenvalue weighted by Crippen LogP contribution is -2.31. The number of rotatable bonds is 7. The lowest BCUT2D eigenvalue weighted by molar-refractivity contribution is 0.0593. The van der Waals surface area contributed by atoms with Gasteiger partial charge in [0, 0.05) is 13.2 Å². The van der Waals surface area contributed by atoms with E-state index in [0.717, 1.165) is 5.56 Å². The molecular formula is C24H25NO5. The van der Waals surface area contributed by atoms with Crippen LogP contribution in [0.15, 0.2) is 57.7 Å². The lowest BCUT2D eigenvalue weighted by Gasteiger charge is -2.25. The van der Waals surface area contributed by atoms with Gasteiger partial charge in [0.2, 0.25) is 5.76 Å². The van der Waals surface area contributed by atoms with Crippen molar-refractivity contribution in [2.75, 3.05) is 20.3 Å². The fourth-order valence-electron chi connectivity index (χ4n) is 3.88. The molecule has 1 aliphatic rings. The molecule has 1 unspecified atom stereocenters. The molecule has 1 aliphatic heterocycles. The molecule has 0 N–H and O–H groups in total. The molecule has 2 heterocycles. The van der Waals surface area contributed by atoms with Crippen molar-refractivity contribution < 1.29 is 18.7 Å². The number of hydrogen-bond donors (Lipinski definition) is 0. The Kier molecular flexibility index (Phi) is 5.59. The van der Waals surface area contributed by atoms with Crippen molar-refractivity contribution in [3.8, 4) is 5.75 Å². The highest BCUT2D eigenvalue weighted by atomic mass is 16.5. The van der Waals surface area contributed by atoms with Crippen molar-refractivity contribution in [2.45, 2.75) is 32.4 Å². The monoisotopic (exact) mass is 407 g/mol. The van der Waals surface area contributed by atoms with Crippen molar-refractivity contribution in [3.05, 3.63) is 75.6 Å². The van der Waals surface area contributed by atoms with Gasteiger partial charge in [-0.1, -0.05) is 24.3 Å². The summed E-state index contributed by atoms with van der Waals surface area (Å²) in [5.41, 5.74) is 1.50. The number of methoxy groups -OCH3 is 1. The Balaban J connectivity index is 1.78. The molecule has 0 saturated carbocycles. The van der Waals surface area contributed by atoms with E-state index in [1.54, 1.807) is 36.3 Å². The van der Waals surface area contributed by atoms with E-state index in [4.69, 9.17) is 13.9 Å². The van der Waals surface area contributed by atoms with Gasteiger partial charge in [-0.25, -0.2) is 0 Å². The molecule has 0 fully saturated rings. The molecular weight excluding hydrogens is 382 g/mol. The Labute approximate surface area is 175 Å². The average Bonchev–Trinajstić information content (AvgIpc) is 3.03. The van der Waals surface area contributed by atoms with E-state index in [0.29, 0.717) is 41.9 Å². The van der Waals surface area contributed by atoms with Gasteiger partial charge in [0.15, 0.2) is 5.43 Å². The number of hydrogen-bond acceptors (Lipinski definition) is 5. The molecule has 0 bridgehead atoms. The SMILES string of the molecule is COc1ccc(C2c3c(oc4ccccc4c3=O)C(=O)N2CCCOC(C)C)cc1. The van der Waals surface area contributed by atoms with Gasteiger partial charge in [-0.05, 0) is 50.1 Å². The zero-order valence-corrected chi connectivity index (χ0v) is 17.4. The summed E-state index contributed by atoms with van der Waals surface area (Å²) < 4.78 is 16.8. The largest absolute Gasteiger partial charge is 0.497 e. The maximum absolute atomic E-state index is 13.3.